The Morgan fingerprint density at radius 3 is 2.27 bits per heavy atom. The number of aliphatic carboxylic acids is 1. The van der Waals surface area contributed by atoms with Gasteiger partial charge in [-0.05, 0) is 37.5 Å². The van der Waals surface area contributed by atoms with Crippen molar-refractivity contribution >= 4 is 12.0 Å². The van der Waals surface area contributed by atoms with Crippen molar-refractivity contribution in [2.24, 2.45) is 0 Å². The molecule has 1 aromatic heterocycles. The third-order valence-electron chi connectivity index (χ3n) is 4.77. The monoisotopic (exact) mass is 425 g/mol. The van der Waals surface area contributed by atoms with E-state index < -0.39 is 24.6 Å². The van der Waals surface area contributed by atoms with E-state index in [1.165, 1.54) is 12.1 Å². The van der Waals surface area contributed by atoms with Gasteiger partial charge < -0.3 is 24.7 Å². The molecule has 0 saturated carbocycles. The van der Waals surface area contributed by atoms with Crippen molar-refractivity contribution in [2.75, 3.05) is 0 Å². The number of hydrogen-bond donors (Lipinski definition) is 2. The maximum Gasteiger partial charge on any atom is 1.00 e. The number of carboxylic acid groups (broad SMARTS) is 1. The van der Waals surface area contributed by atoms with Crippen LogP contribution in [0.3, 0.4) is 0 Å². The van der Waals surface area contributed by atoms with Crippen LogP contribution in [0.25, 0.3) is 17.2 Å². The van der Waals surface area contributed by atoms with Gasteiger partial charge in [-0.2, -0.15) is 0 Å². The van der Waals surface area contributed by atoms with Gasteiger partial charge in [-0.15, -0.1) is 0 Å². The summed E-state index contributed by atoms with van der Waals surface area (Å²) in [5, 5.41) is 30.5. The fraction of sp³-hybridized carbons (Fsp3) is 0.435. The first-order valence-corrected chi connectivity index (χ1v) is 9.85. The predicted octanol–water partition coefficient (Wildman–Crippen LogP) is 0.268. The summed E-state index contributed by atoms with van der Waals surface area (Å²) in [5.41, 5.74) is 3.77. The Bertz CT molecular complexity index is 859. The summed E-state index contributed by atoms with van der Waals surface area (Å²) in [5.74, 6) is -1.47. The van der Waals surface area contributed by atoms with Gasteiger partial charge in [0.05, 0.1) is 12.2 Å². The number of aliphatic hydroxyl groups excluding tert-OH is 2. The van der Waals surface area contributed by atoms with Gasteiger partial charge in [-0.25, -0.2) is 4.39 Å². The first-order chi connectivity index (χ1) is 13.6. The van der Waals surface area contributed by atoms with Crippen LogP contribution in [-0.4, -0.2) is 33.0 Å². The SMILES string of the molecule is CC(C)c1c(/C=C/[C@H](O)C[C@@H](O)CC(=O)[O-])c(-c2ccc(F)cc2)cn1C(C)C.[Na+]. The van der Waals surface area contributed by atoms with E-state index in [-0.39, 0.29) is 53.8 Å². The van der Waals surface area contributed by atoms with Crippen LogP contribution in [0.15, 0.2) is 36.5 Å². The molecule has 0 aliphatic carbocycles. The first kappa shape index (κ1) is 26.6. The van der Waals surface area contributed by atoms with Crippen molar-refractivity contribution in [3.8, 4) is 11.1 Å². The zero-order valence-electron chi connectivity index (χ0n) is 18.3. The standard InChI is InChI=1S/C23H30FNO4.Na/c1-14(2)23-20(10-9-18(26)11-19(27)12-22(28)29)21(13-25(23)15(3)4)16-5-7-17(24)8-6-16;/h5-10,13-15,18-19,26-27H,11-12H2,1-4H3,(H,28,29);/q;+1/p-1/b10-9+;/t18-,19+;/m0./s1. The van der Waals surface area contributed by atoms with Crippen molar-refractivity contribution in [1.82, 2.24) is 4.57 Å². The second-order valence-corrected chi connectivity index (χ2v) is 7.90. The van der Waals surface area contributed by atoms with Crippen molar-refractivity contribution in [1.29, 1.82) is 0 Å². The van der Waals surface area contributed by atoms with Crippen molar-refractivity contribution in [2.45, 2.75) is 64.7 Å². The van der Waals surface area contributed by atoms with Gasteiger partial charge in [0.15, 0.2) is 0 Å². The van der Waals surface area contributed by atoms with Crippen LogP contribution in [-0.2, 0) is 4.79 Å². The quantitative estimate of drug-likeness (QED) is 0.565. The number of hydrogen-bond acceptors (Lipinski definition) is 4. The fourth-order valence-corrected chi connectivity index (χ4v) is 3.47. The number of aromatic nitrogens is 1. The summed E-state index contributed by atoms with van der Waals surface area (Å²) in [7, 11) is 0. The Kier molecular flexibility index (Phi) is 10.5. The second-order valence-electron chi connectivity index (χ2n) is 7.90. The van der Waals surface area contributed by atoms with E-state index in [1.807, 2.05) is 6.20 Å². The first-order valence-electron chi connectivity index (χ1n) is 9.85. The van der Waals surface area contributed by atoms with Crippen molar-refractivity contribution in [3.05, 3.63) is 53.6 Å². The number of halogens is 1. The van der Waals surface area contributed by atoms with Gasteiger partial charge in [0.2, 0.25) is 0 Å². The minimum absolute atomic E-state index is 0. The molecule has 30 heavy (non-hydrogen) atoms. The van der Waals surface area contributed by atoms with E-state index in [4.69, 9.17) is 0 Å². The van der Waals surface area contributed by atoms with Crippen LogP contribution < -0.4 is 34.7 Å². The molecule has 0 unspecified atom stereocenters. The zero-order valence-corrected chi connectivity index (χ0v) is 20.3. The molecule has 5 nitrogen and oxygen atoms in total. The summed E-state index contributed by atoms with van der Waals surface area (Å²) < 4.78 is 15.6. The average molecular weight is 425 g/mol. The molecule has 1 aromatic carbocycles. The van der Waals surface area contributed by atoms with Crippen molar-refractivity contribution < 1.29 is 54.1 Å². The number of benzene rings is 1. The van der Waals surface area contributed by atoms with Crippen LogP contribution in [0.5, 0.6) is 0 Å². The molecule has 0 amide bonds. The van der Waals surface area contributed by atoms with Crippen LogP contribution in [0.1, 0.15) is 63.8 Å². The molecule has 0 aliphatic heterocycles. The molecule has 1 heterocycles. The molecular formula is C23H29FNNaO4. The van der Waals surface area contributed by atoms with Gasteiger partial charge >= 0.3 is 29.6 Å². The van der Waals surface area contributed by atoms with E-state index in [2.05, 4.69) is 32.3 Å². The Morgan fingerprint density at radius 2 is 1.77 bits per heavy atom. The van der Waals surface area contributed by atoms with E-state index in [0.29, 0.717) is 0 Å². The topological polar surface area (TPSA) is 85.5 Å². The molecule has 2 atom stereocenters. The van der Waals surface area contributed by atoms with Gasteiger partial charge in [0.25, 0.3) is 0 Å². The predicted molar refractivity (Wildman–Crippen MR) is 110 cm³/mol. The normalized spacial score (nSPS) is 13.6. The Hall–Kier alpha value is -1.44. The van der Waals surface area contributed by atoms with E-state index in [1.54, 1.807) is 24.3 Å². The molecule has 0 saturated heterocycles. The van der Waals surface area contributed by atoms with Crippen LogP contribution in [0.2, 0.25) is 0 Å². The molecule has 2 rings (SSSR count). The molecule has 0 aliphatic rings. The van der Waals surface area contributed by atoms with Crippen molar-refractivity contribution in [3.63, 3.8) is 0 Å². The minimum Gasteiger partial charge on any atom is -0.550 e. The van der Waals surface area contributed by atoms with E-state index in [0.717, 1.165) is 22.4 Å². The molecule has 2 N–H and O–H groups in total. The molecular weight excluding hydrogens is 396 g/mol. The van der Waals surface area contributed by atoms with E-state index >= 15 is 0 Å². The summed E-state index contributed by atoms with van der Waals surface area (Å²) in [6.45, 7) is 8.33. The van der Waals surface area contributed by atoms with Gasteiger partial charge in [-0.3, -0.25) is 0 Å². The smallest absolute Gasteiger partial charge is 0.550 e. The maximum atomic E-state index is 13.4. The number of carbonyl (C=O) groups excluding carboxylic acids is 1. The Labute approximate surface area is 199 Å². The van der Waals surface area contributed by atoms with Gasteiger partial charge in [-0.1, -0.05) is 38.1 Å². The molecule has 2 aromatic rings. The fourth-order valence-electron chi connectivity index (χ4n) is 3.47. The Morgan fingerprint density at radius 1 is 1.17 bits per heavy atom. The number of carbonyl (C=O) groups is 1. The van der Waals surface area contributed by atoms with Gasteiger partial charge in [0, 0.05) is 47.9 Å². The van der Waals surface area contributed by atoms with Crippen LogP contribution in [0, 0.1) is 5.82 Å². The second kappa shape index (κ2) is 11.8. The average Bonchev–Trinajstić information content (AvgIpc) is 2.99. The number of rotatable bonds is 9. The molecule has 0 fully saturated rings. The molecule has 158 valence electrons. The molecule has 0 bridgehead atoms. The zero-order chi connectivity index (χ0) is 21.7. The molecule has 0 spiro atoms. The number of aliphatic hydroxyl groups is 2. The summed E-state index contributed by atoms with van der Waals surface area (Å²) in [4.78, 5) is 10.6. The largest absolute Gasteiger partial charge is 1.00 e. The minimum atomic E-state index is -1.36. The van der Waals surface area contributed by atoms with Crippen LogP contribution >= 0.6 is 0 Å². The van der Waals surface area contributed by atoms with Crippen LogP contribution in [0.4, 0.5) is 4.39 Å². The third kappa shape index (κ3) is 7.06. The summed E-state index contributed by atoms with van der Waals surface area (Å²) in [6.07, 6.45) is 2.57. The third-order valence-corrected chi connectivity index (χ3v) is 4.77. The molecule has 7 heteroatoms. The Balaban J connectivity index is 0.00000450. The number of nitrogens with zero attached hydrogens (tertiary/aromatic N) is 1. The van der Waals surface area contributed by atoms with E-state index in [9.17, 15) is 24.5 Å². The maximum absolute atomic E-state index is 13.4. The number of carboxylic acids is 1. The summed E-state index contributed by atoms with van der Waals surface area (Å²) >= 11 is 0. The molecule has 0 radical (unpaired) electrons. The summed E-state index contributed by atoms with van der Waals surface area (Å²) in [6, 6.07) is 6.47. The van der Waals surface area contributed by atoms with Gasteiger partial charge in [0.1, 0.15) is 5.82 Å².